The van der Waals surface area contributed by atoms with Crippen LogP contribution >= 0.6 is 0 Å². The van der Waals surface area contributed by atoms with Gasteiger partial charge in [-0.05, 0) is 13.3 Å². The Hall–Kier alpha value is -0.730. The van der Waals surface area contributed by atoms with E-state index in [0.717, 1.165) is 6.42 Å². The second-order valence-corrected chi connectivity index (χ2v) is 1.44. The second kappa shape index (κ2) is 15.7. The molecule has 0 rings (SSSR count). The minimum atomic E-state index is 0. The van der Waals surface area contributed by atoms with E-state index in [0.29, 0.717) is 0 Å². The van der Waals surface area contributed by atoms with Crippen LogP contribution in [0.2, 0.25) is 0 Å². The molecule has 0 aliphatic carbocycles. The summed E-state index contributed by atoms with van der Waals surface area (Å²) in [7, 11) is 0. The van der Waals surface area contributed by atoms with Gasteiger partial charge in [0.25, 0.3) is 0 Å². The first kappa shape index (κ1) is 15.7. The van der Waals surface area contributed by atoms with Crippen molar-refractivity contribution in [2.45, 2.75) is 20.3 Å². The molecule has 0 amide bonds. The van der Waals surface area contributed by atoms with Crippen molar-refractivity contribution in [1.82, 2.24) is 0 Å². The van der Waals surface area contributed by atoms with Gasteiger partial charge < -0.3 is 24.2 Å². The number of nitriles is 1. The molecule has 1 unspecified atom stereocenters. The standard InChI is InChI=1S/C5H9N.CN.ClH/c1-3-5(2)4-6;1-2;/h5H,3H2,1-2H3;;1H/q;-1;/p-1. The fraction of sp³-hybridized carbons (Fsp3) is 0.667. The summed E-state index contributed by atoms with van der Waals surface area (Å²) < 4.78 is 0. The van der Waals surface area contributed by atoms with Crippen molar-refractivity contribution in [3.8, 4) is 6.07 Å². The molecular formula is C6H9ClN2-2. The minimum absolute atomic E-state index is 0. The zero-order valence-corrected chi connectivity index (χ0v) is 6.31. The van der Waals surface area contributed by atoms with Crippen molar-refractivity contribution in [3.63, 3.8) is 0 Å². The highest BCUT2D eigenvalue weighted by Crippen LogP contribution is 1.94. The molecule has 52 valence electrons. The molecule has 0 fully saturated rings. The molecule has 1 atom stereocenters. The fourth-order valence-corrected chi connectivity index (χ4v) is 0.0913. The lowest BCUT2D eigenvalue weighted by Crippen LogP contribution is -3.00. The van der Waals surface area contributed by atoms with Gasteiger partial charge in [0, 0.05) is 5.92 Å². The predicted octanol–water partition coefficient (Wildman–Crippen LogP) is -1.34. The van der Waals surface area contributed by atoms with Crippen molar-refractivity contribution in [2.75, 3.05) is 0 Å². The number of halogens is 1. The summed E-state index contributed by atoms with van der Waals surface area (Å²) in [5, 5.41) is 14.3. The Morgan fingerprint density at radius 2 is 1.89 bits per heavy atom. The molecule has 0 radical (unpaired) electrons. The van der Waals surface area contributed by atoms with Crippen LogP contribution in [-0.2, 0) is 0 Å². The van der Waals surface area contributed by atoms with Gasteiger partial charge in [-0.2, -0.15) is 5.26 Å². The van der Waals surface area contributed by atoms with E-state index < -0.39 is 0 Å². The Balaban J connectivity index is -0.000000109. The third kappa shape index (κ3) is 18.9. The maximum Gasteiger partial charge on any atom is 0.0652 e. The van der Waals surface area contributed by atoms with Gasteiger partial charge in [0.15, 0.2) is 0 Å². The molecule has 0 spiro atoms. The summed E-state index contributed by atoms with van der Waals surface area (Å²) >= 11 is 0. The van der Waals surface area contributed by atoms with Crippen molar-refractivity contribution in [3.05, 3.63) is 6.57 Å². The topological polar surface area (TPSA) is 47.6 Å². The van der Waals surface area contributed by atoms with Gasteiger partial charge in [-0.1, -0.05) is 6.92 Å². The van der Waals surface area contributed by atoms with E-state index in [-0.39, 0.29) is 18.3 Å². The Morgan fingerprint density at radius 1 is 1.56 bits per heavy atom. The molecule has 0 N–H and O–H groups in total. The summed E-state index contributed by atoms with van der Waals surface area (Å²) in [6.07, 6.45) is 0.969. The van der Waals surface area contributed by atoms with Gasteiger partial charge in [0.2, 0.25) is 0 Å². The molecule has 0 aromatic rings. The lowest BCUT2D eigenvalue weighted by Gasteiger charge is -1.87. The molecule has 0 aromatic heterocycles. The van der Waals surface area contributed by atoms with Gasteiger partial charge in [-0.3, -0.25) is 0 Å². The van der Waals surface area contributed by atoms with E-state index in [1.54, 1.807) is 0 Å². The molecule has 0 bridgehead atoms. The van der Waals surface area contributed by atoms with Gasteiger partial charge in [0.05, 0.1) is 6.07 Å². The van der Waals surface area contributed by atoms with Crippen LogP contribution in [0.1, 0.15) is 20.3 Å². The summed E-state index contributed by atoms with van der Waals surface area (Å²) in [4.78, 5) is 0. The van der Waals surface area contributed by atoms with Gasteiger partial charge >= 0.3 is 0 Å². The summed E-state index contributed by atoms with van der Waals surface area (Å²) in [6.45, 7) is 8.67. The molecule has 0 saturated carbocycles. The zero-order chi connectivity index (χ0) is 6.99. The van der Waals surface area contributed by atoms with E-state index in [1.165, 1.54) is 0 Å². The Morgan fingerprint density at radius 3 is 1.89 bits per heavy atom. The minimum Gasteiger partial charge on any atom is -1.00 e. The molecule has 0 heterocycles. The second-order valence-electron chi connectivity index (χ2n) is 1.44. The first-order valence-electron chi connectivity index (χ1n) is 2.43. The molecule has 0 aliphatic rings. The van der Waals surface area contributed by atoms with Crippen LogP contribution < -0.4 is 12.4 Å². The first-order valence-corrected chi connectivity index (χ1v) is 2.43. The van der Waals surface area contributed by atoms with Crippen molar-refractivity contribution >= 4 is 0 Å². The number of nitrogens with zero attached hydrogens (tertiary/aromatic N) is 2. The molecule has 0 aliphatic heterocycles. The Kier molecular flexibility index (Phi) is 27.4. The van der Waals surface area contributed by atoms with Crippen molar-refractivity contribution in [2.24, 2.45) is 5.92 Å². The lowest BCUT2D eigenvalue weighted by molar-refractivity contribution is -0.00000240. The molecule has 3 heteroatoms. The molecule has 0 saturated heterocycles. The monoisotopic (exact) mass is 144 g/mol. The van der Waals surface area contributed by atoms with E-state index in [4.69, 9.17) is 17.1 Å². The van der Waals surface area contributed by atoms with Gasteiger partial charge in [0.1, 0.15) is 0 Å². The highest BCUT2D eigenvalue weighted by Gasteiger charge is 1.88. The zero-order valence-electron chi connectivity index (χ0n) is 5.56. The van der Waals surface area contributed by atoms with Gasteiger partial charge in [-0.25, -0.2) is 0 Å². The lowest BCUT2D eigenvalue weighted by atomic mass is 10.2. The molecule has 9 heavy (non-hydrogen) atoms. The number of rotatable bonds is 1. The summed E-state index contributed by atoms with van der Waals surface area (Å²) in [6, 6.07) is 2.11. The van der Waals surface area contributed by atoms with Crippen LogP contribution in [-0.4, -0.2) is 0 Å². The van der Waals surface area contributed by atoms with Crippen molar-refractivity contribution in [1.29, 1.82) is 10.5 Å². The quantitative estimate of drug-likeness (QED) is 0.428. The molecule has 2 nitrogen and oxygen atoms in total. The first-order chi connectivity index (χ1) is 3.81. The van der Waals surface area contributed by atoms with E-state index in [1.807, 2.05) is 13.8 Å². The van der Waals surface area contributed by atoms with E-state index in [2.05, 4.69) is 6.07 Å². The molecular weight excluding hydrogens is 136 g/mol. The van der Waals surface area contributed by atoms with Crippen LogP contribution in [0.4, 0.5) is 0 Å². The summed E-state index contributed by atoms with van der Waals surface area (Å²) in [5.74, 6) is 0.241. The van der Waals surface area contributed by atoms with Crippen LogP contribution in [0.5, 0.6) is 0 Å². The average Bonchev–Trinajstić information content (AvgIpc) is 1.91. The fourth-order valence-electron chi connectivity index (χ4n) is 0.0913. The third-order valence-electron chi connectivity index (χ3n) is 0.833. The van der Waals surface area contributed by atoms with Crippen LogP contribution in [0, 0.1) is 29.1 Å². The average molecular weight is 145 g/mol. The maximum absolute atomic E-state index is 8.08. The van der Waals surface area contributed by atoms with Gasteiger partial charge in [-0.15, -0.1) is 0 Å². The van der Waals surface area contributed by atoms with Crippen molar-refractivity contribution < 1.29 is 12.4 Å². The van der Waals surface area contributed by atoms with Crippen LogP contribution in [0.25, 0.3) is 0 Å². The molecule has 0 aromatic carbocycles. The highest BCUT2D eigenvalue weighted by atomic mass is 35.5. The number of hydrogen-bond donors (Lipinski definition) is 0. The van der Waals surface area contributed by atoms with E-state index >= 15 is 0 Å². The Labute approximate surface area is 62.5 Å². The normalized spacial score (nSPS) is 8.78. The third-order valence-corrected chi connectivity index (χ3v) is 0.833. The van der Waals surface area contributed by atoms with Crippen LogP contribution in [0.3, 0.4) is 0 Å². The smallest absolute Gasteiger partial charge is 0.0652 e. The largest absolute Gasteiger partial charge is 1.00 e. The SMILES string of the molecule is CCC(C)C#N.[C-]#N.[Cl-]. The van der Waals surface area contributed by atoms with E-state index in [9.17, 15) is 0 Å². The predicted molar refractivity (Wildman–Crippen MR) is 30.0 cm³/mol. The number of hydrogen-bond acceptors (Lipinski definition) is 2. The highest BCUT2D eigenvalue weighted by molar-refractivity contribution is 4.76. The Bertz CT molecular complexity index is 93.0. The maximum atomic E-state index is 8.08. The van der Waals surface area contributed by atoms with Crippen LogP contribution in [0.15, 0.2) is 0 Å². The summed E-state index contributed by atoms with van der Waals surface area (Å²) in [5.41, 5.74) is 0.